The number of nitrogens with zero attached hydrogens (tertiary/aromatic N) is 2. The second-order valence-corrected chi connectivity index (χ2v) is 11.5. The lowest BCUT2D eigenvalue weighted by molar-refractivity contribution is -0.132. The van der Waals surface area contributed by atoms with Crippen molar-refractivity contribution in [2.45, 2.75) is 83.0 Å². The Kier molecular flexibility index (Phi) is 6.26. The molecule has 6 heteroatoms. The molecule has 1 aliphatic carbocycles. The van der Waals surface area contributed by atoms with Crippen LogP contribution in [-0.2, 0) is 4.79 Å². The summed E-state index contributed by atoms with van der Waals surface area (Å²) < 4.78 is 6.16. The number of hydrogen-bond donors (Lipinski definition) is 1. The fourth-order valence-corrected chi connectivity index (χ4v) is 6.68. The van der Waals surface area contributed by atoms with Crippen LogP contribution in [0.2, 0.25) is 0 Å². The molecule has 1 aromatic heterocycles. The molecule has 2 aromatic rings. The van der Waals surface area contributed by atoms with Gasteiger partial charge in [0.15, 0.2) is 0 Å². The molecule has 0 radical (unpaired) electrons. The number of amides is 1. The zero-order chi connectivity index (χ0) is 22.1. The van der Waals surface area contributed by atoms with Crippen LogP contribution in [0.4, 0.5) is 0 Å². The molecule has 1 aromatic carbocycles. The van der Waals surface area contributed by atoms with Crippen molar-refractivity contribution in [1.82, 2.24) is 15.2 Å². The average molecular weight is 454 g/mol. The highest BCUT2D eigenvalue weighted by molar-refractivity contribution is 7.11. The summed E-state index contributed by atoms with van der Waals surface area (Å²) in [6, 6.07) is 11.7. The first-order chi connectivity index (χ1) is 15.5. The van der Waals surface area contributed by atoms with Crippen LogP contribution in [0.15, 0.2) is 41.9 Å². The molecule has 3 atom stereocenters. The molecule has 0 unspecified atom stereocenters. The molecule has 5 rings (SSSR count). The van der Waals surface area contributed by atoms with Gasteiger partial charge in [0.05, 0.1) is 6.04 Å². The Morgan fingerprint density at radius 1 is 1.22 bits per heavy atom. The minimum Gasteiger partial charge on any atom is -0.467 e. The minimum atomic E-state index is 0.0797. The zero-order valence-corrected chi connectivity index (χ0v) is 20.0. The predicted molar refractivity (Wildman–Crippen MR) is 128 cm³/mol. The van der Waals surface area contributed by atoms with E-state index in [0.717, 1.165) is 43.8 Å². The van der Waals surface area contributed by atoms with Gasteiger partial charge in [-0.1, -0.05) is 55.5 Å². The first-order valence-corrected chi connectivity index (χ1v) is 13.0. The van der Waals surface area contributed by atoms with E-state index in [-0.39, 0.29) is 24.0 Å². The van der Waals surface area contributed by atoms with Gasteiger partial charge in [-0.25, -0.2) is 4.98 Å². The molecule has 5 nitrogen and oxygen atoms in total. The summed E-state index contributed by atoms with van der Waals surface area (Å²) in [7, 11) is 0. The normalized spacial score (nSPS) is 28.1. The van der Waals surface area contributed by atoms with E-state index in [0.29, 0.717) is 17.5 Å². The molecule has 0 spiro atoms. The van der Waals surface area contributed by atoms with Crippen LogP contribution in [0.3, 0.4) is 0 Å². The summed E-state index contributed by atoms with van der Waals surface area (Å²) in [5, 5.41) is 6.18. The van der Waals surface area contributed by atoms with E-state index in [4.69, 9.17) is 4.74 Å². The molecular weight excluding hydrogens is 418 g/mol. The zero-order valence-electron chi connectivity index (χ0n) is 19.2. The van der Waals surface area contributed by atoms with Crippen LogP contribution in [0.5, 0.6) is 5.19 Å². The highest BCUT2D eigenvalue weighted by atomic mass is 32.1. The average Bonchev–Trinajstić information content (AvgIpc) is 3.35. The van der Waals surface area contributed by atoms with Gasteiger partial charge in [0.1, 0.15) is 6.10 Å². The van der Waals surface area contributed by atoms with Gasteiger partial charge in [-0.15, -0.1) is 0 Å². The van der Waals surface area contributed by atoms with Crippen molar-refractivity contribution in [2.75, 3.05) is 6.54 Å². The third-order valence-electron chi connectivity index (χ3n) is 7.68. The van der Waals surface area contributed by atoms with Crippen molar-refractivity contribution in [2.24, 2.45) is 11.3 Å². The Bertz CT molecular complexity index is 879. The number of piperidine rings is 1. The quantitative estimate of drug-likeness (QED) is 0.597. The highest BCUT2D eigenvalue weighted by Crippen LogP contribution is 2.45. The molecule has 1 N–H and O–H groups in total. The standard InChI is InChI=1S/C26H35N3O2S/c1-26(2)16-19(17-26)24(30)28-23(18-6-4-3-5-7-18)10-12-29-20-8-9-21(29)15-22(14-20)31-25-27-11-13-32-25/h3-7,11,13,19-23H,8-10,12,14-17H2,1-2H3,(H,28,30)/t20-,21-,23-/m0/s1. The van der Waals surface area contributed by atoms with Crippen molar-refractivity contribution in [3.63, 3.8) is 0 Å². The molecule has 172 valence electrons. The van der Waals surface area contributed by atoms with E-state index in [1.807, 2.05) is 17.6 Å². The lowest BCUT2D eigenvalue weighted by atomic mass is 9.64. The molecule has 32 heavy (non-hydrogen) atoms. The Morgan fingerprint density at radius 3 is 2.56 bits per heavy atom. The Balaban J connectivity index is 1.19. The lowest BCUT2D eigenvalue weighted by Crippen LogP contribution is -2.48. The molecule has 2 aliphatic heterocycles. The van der Waals surface area contributed by atoms with E-state index in [1.54, 1.807) is 11.3 Å². The molecule has 1 saturated carbocycles. The summed E-state index contributed by atoms with van der Waals surface area (Å²) in [6.07, 6.45) is 9.70. The van der Waals surface area contributed by atoms with E-state index < -0.39 is 0 Å². The SMILES string of the molecule is CC1(C)CC(C(=O)N[C@@H](CCN2[C@H]3CC[C@H]2CC(Oc2nccs2)C3)c2ccccc2)C1. The number of aromatic nitrogens is 1. The van der Waals surface area contributed by atoms with Crippen molar-refractivity contribution < 1.29 is 9.53 Å². The summed E-state index contributed by atoms with van der Waals surface area (Å²) in [5.41, 5.74) is 1.53. The second kappa shape index (κ2) is 9.14. The summed E-state index contributed by atoms with van der Waals surface area (Å²) in [5.74, 6) is 0.405. The largest absolute Gasteiger partial charge is 0.467 e. The Labute approximate surface area is 195 Å². The van der Waals surface area contributed by atoms with Gasteiger partial charge >= 0.3 is 0 Å². The van der Waals surface area contributed by atoms with Gasteiger partial charge in [-0.2, -0.15) is 0 Å². The second-order valence-electron chi connectivity index (χ2n) is 10.7. The Hall–Kier alpha value is -1.92. The number of benzene rings is 1. The van der Waals surface area contributed by atoms with Crippen molar-refractivity contribution in [3.05, 3.63) is 47.5 Å². The first kappa shape index (κ1) is 21.9. The predicted octanol–water partition coefficient (Wildman–Crippen LogP) is 5.20. The number of thiazole rings is 1. The van der Waals surface area contributed by atoms with E-state index in [9.17, 15) is 4.79 Å². The number of carbonyl (C=O) groups excluding carboxylic acids is 1. The number of hydrogen-bond acceptors (Lipinski definition) is 5. The number of rotatable bonds is 8. The lowest BCUT2D eigenvalue weighted by Gasteiger charge is -2.42. The smallest absolute Gasteiger partial charge is 0.273 e. The van der Waals surface area contributed by atoms with Crippen molar-refractivity contribution in [1.29, 1.82) is 0 Å². The molecule has 3 heterocycles. The number of ether oxygens (including phenoxy) is 1. The van der Waals surface area contributed by atoms with Gasteiger partial charge in [-0.3, -0.25) is 9.69 Å². The van der Waals surface area contributed by atoms with E-state index in [1.165, 1.54) is 18.4 Å². The minimum absolute atomic E-state index is 0.0797. The molecule has 3 aliphatic rings. The number of carbonyl (C=O) groups is 1. The maximum absolute atomic E-state index is 12.9. The van der Waals surface area contributed by atoms with Crippen LogP contribution in [0, 0.1) is 11.3 Å². The van der Waals surface area contributed by atoms with E-state index in [2.05, 4.69) is 53.3 Å². The number of fused-ring (bicyclic) bond motifs is 2. The van der Waals surface area contributed by atoms with Gasteiger partial charge in [0.25, 0.3) is 5.19 Å². The topological polar surface area (TPSA) is 54.5 Å². The van der Waals surface area contributed by atoms with Gasteiger partial charge in [0.2, 0.25) is 5.91 Å². The monoisotopic (exact) mass is 453 g/mol. The summed E-state index contributed by atoms with van der Waals surface area (Å²) in [6.45, 7) is 5.53. The Morgan fingerprint density at radius 2 is 1.94 bits per heavy atom. The molecule has 1 amide bonds. The highest BCUT2D eigenvalue weighted by Gasteiger charge is 2.43. The maximum atomic E-state index is 12.9. The van der Waals surface area contributed by atoms with Crippen molar-refractivity contribution >= 4 is 17.2 Å². The first-order valence-electron chi connectivity index (χ1n) is 12.1. The van der Waals surface area contributed by atoms with E-state index >= 15 is 0 Å². The fourth-order valence-electron chi connectivity index (χ4n) is 6.13. The fraction of sp³-hybridized carbons (Fsp3) is 0.615. The van der Waals surface area contributed by atoms with Gasteiger partial charge < -0.3 is 10.1 Å². The summed E-state index contributed by atoms with van der Waals surface area (Å²) >= 11 is 1.58. The van der Waals surface area contributed by atoms with Crippen LogP contribution in [0.1, 0.15) is 70.4 Å². The molecule has 2 bridgehead atoms. The van der Waals surface area contributed by atoms with Gasteiger partial charge in [-0.05, 0) is 55.9 Å². The third-order valence-corrected chi connectivity index (χ3v) is 8.34. The molecule has 2 saturated heterocycles. The van der Waals surface area contributed by atoms with Crippen LogP contribution in [-0.4, -0.2) is 40.5 Å². The van der Waals surface area contributed by atoms with Crippen LogP contribution in [0.25, 0.3) is 0 Å². The molecule has 3 fully saturated rings. The van der Waals surface area contributed by atoms with Crippen LogP contribution >= 0.6 is 11.3 Å². The molecular formula is C26H35N3O2S. The van der Waals surface area contributed by atoms with Gasteiger partial charge in [0, 0.05) is 36.1 Å². The van der Waals surface area contributed by atoms with Crippen LogP contribution < -0.4 is 10.1 Å². The summed E-state index contributed by atoms with van der Waals surface area (Å²) in [4.78, 5) is 19.9. The maximum Gasteiger partial charge on any atom is 0.273 e. The number of nitrogens with one attached hydrogen (secondary N) is 1. The van der Waals surface area contributed by atoms with Crippen molar-refractivity contribution in [3.8, 4) is 5.19 Å². The third kappa shape index (κ3) is 4.86.